The molecule has 37 heavy (non-hydrogen) atoms. The number of aromatic hydroxyl groups is 1. The van der Waals surface area contributed by atoms with Crippen LogP contribution in [0.1, 0.15) is 0 Å². The van der Waals surface area contributed by atoms with Crippen LogP contribution in [0.15, 0.2) is 77.1 Å². The molecule has 0 aliphatic heterocycles. The lowest BCUT2D eigenvalue weighted by Gasteiger charge is -2.09. The quantitative estimate of drug-likeness (QED) is 0.246. The van der Waals surface area contributed by atoms with Crippen LogP contribution in [0.25, 0.3) is 0 Å². The minimum Gasteiger partial charge on any atom is -0.505 e. The van der Waals surface area contributed by atoms with Crippen LogP contribution in [-0.4, -0.2) is 31.0 Å². The fourth-order valence-corrected chi connectivity index (χ4v) is 4.69. The molecular formula is C23H17Cl2F2N3O5S2. The van der Waals surface area contributed by atoms with E-state index in [0.29, 0.717) is 5.69 Å². The van der Waals surface area contributed by atoms with E-state index in [-0.39, 0.29) is 31.6 Å². The second-order valence-corrected chi connectivity index (χ2v) is 10.4. The number of phenols is 1. The van der Waals surface area contributed by atoms with Gasteiger partial charge in [-0.1, -0.05) is 23.2 Å². The van der Waals surface area contributed by atoms with Crippen molar-refractivity contribution in [3.8, 4) is 11.5 Å². The van der Waals surface area contributed by atoms with Gasteiger partial charge in [-0.3, -0.25) is 9.52 Å². The van der Waals surface area contributed by atoms with E-state index in [2.05, 4.69) is 15.0 Å². The molecule has 14 heteroatoms. The minimum absolute atomic E-state index is 0.0141. The zero-order chi connectivity index (χ0) is 27.0. The number of sulfonamides is 1. The van der Waals surface area contributed by atoms with Crippen molar-refractivity contribution in [3.05, 3.63) is 93.9 Å². The van der Waals surface area contributed by atoms with Crippen molar-refractivity contribution >= 4 is 61.3 Å². The van der Waals surface area contributed by atoms with Crippen molar-refractivity contribution in [3.63, 3.8) is 0 Å². The molecule has 3 aromatic carbocycles. The summed E-state index contributed by atoms with van der Waals surface area (Å²) in [6.07, 6.45) is 1.49. The fraction of sp³-hybridized carbons (Fsp3) is 0.0435. The molecule has 0 aliphatic carbocycles. The van der Waals surface area contributed by atoms with Crippen LogP contribution in [0.5, 0.6) is 11.5 Å². The molecule has 3 N–H and O–H groups in total. The summed E-state index contributed by atoms with van der Waals surface area (Å²) in [7, 11) is -3.77. The van der Waals surface area contributed by atoms with E-state index in [1.165, 1.54) is 54.7 Å². The van der Waals surface area contributed by atoms with Crippen LogP contribution < -0.4 is 14.8 Å². The van der Waals surface area contributed by atoms with Crippen molar-refractivity contribution in [1.29, 1.82) is 0 Å². The van der Waals surface area contributed by atoms with E-state index in [4.69, 9.17) is 33.0 Å². The van der Waals surface area contributed by atoms with Crippen molar-refractivity contribution in [1.82, 2.24) is 4.98 Å². The number of nitrogens with one attached hydrogen (secondary N) is 2. The number of rotatable bonds is 7. The predicted molar refractivity (Wildman–Crippen MR) is 138 cm³/mol. The summed E-state index contributed by atoms with van der Waals surface area (Å²) in [5.74, 6) is -2.38. The standard InChI is InChI=1S/C17H13ClFN3O4S2.C6H4ClFO/c18-11-1-6-15(14(19)9-11)26-10-16(23)21-12-2-4-13(5-3-12)28(24,25)22-17-20-7-8-27-17;7-4-1-2-6(9)5(8)3-4/h1-9H,10H2,(H,20,22)(H,21,23);1-3,9H. The third-order valence-electron chi connectivity index (χ3n) is 4.26. The summed E-state index contributed by atoms with van der Waals surface area (Å²) in [6, 6.07) is 13.0. The first kappa shape index (κ1) is 28.1. The Bertz CT molecular complexity index is 1470. The molecule has 1 heterocycles. The Morgan fingerprint density at radius 2 is 1.65 bits per heavy atom. The number of carbonyl (C=O) groups excluding carboxylic acids is 1. The molecule has 1 amide bonds. The maximum atomic E-state index is 13.6. The van der Waals surface area contributed by atoms with Gasteiger partial charge in [0.05, 0.1) is 4.90 Å². The second-order valence-electron chi connectivity index (χ2n) is 6.97. The summed E-state index contributed by atoms with van der Waals surface area (Å²) in [5, 5.41) is 13.5. The second kappa shape index (κ2) is 12.7. The number of hydrogen-bond acceptors (Lipinski definition) is 7. The number of anilines is 2. The van der Waals surface area contributed by atoms with Crippen molar-refractivity contribution in [2.24, 2.45) is 0 Å². The van der Waals surface area contributed by atoms with Crippen LogP contribution >= 0.6 is 34.5 Å². The number of benzene rings is 3. The topological polar surface area (TPSA) is 118 Å². The monoisotopic (exact) mass is 587 g/mol. The molecule has 0 spiro atoms. The highest BCUT2D eigenvalue weighted by Crippen LogP contribution is 2.22. The third-order valence-corrected chi connectivity index (χ3v) is 6.91. The Kier molecular flexibility index (Phi) is 9.64. The molecule has 0 aliphatic rings. The molecule has 0 fully saturated rings. The Labute approximate surface area is 224 Å². The normalized spacial score (nSPS) is 10.7. The number of nitrogens with zero attached hydrogens (tertiary/aromatic N) is 1. The number of hydrogen-bond donors (Lipinski definition) is 3. The Hall–Kier alpha value is -3.45. The number of aromatic nitrogens is 1. The molecule has 0 radical (unpaired) electrons. The molecule has 1 aromatic heterocycles. The summed E-state index contributed by atoms with van der Waals surface area (Å²) in [5.41, 5.74) is 0.360. The first-order valence-electron chi connectivity index (χ1n) is 10.1. The lowest BCUT2D eigenvalue weighted by atomic mass is 10.3. The summed E-state index contributed by atoms with van der Waals surface area (Å²) in [6.45, 7) is -0.426. The van der Waals surface area contributed by atoms with Gasteiger partial charge in [0.25, 0.3) is 15.9 Å². The van der Waals surface area contributed by atoms with E-state index in [1.807, 2.05) is 0 Å². The first-order chi connectivity index (χ1) is 17.5. The number of phenolic OH excluding ortho intramolecular Hbond substituents is 1. The smallest absolute Gasteiger partial charge is 0.263 e. The van der Waals surface area contributed by atoms with Gasteiger partial charge >= 0.3 is 0 Å². The number of ether oxygens (including phenoxy) is 1. The summed E-state index contributed by atoms with van der Waals surface area (Å²) >= 11 is 12.2. The third kappa shape index (κ3) is 8.57. The number of carbonyl (C=O) groups is 1. The SMILES string of the molecule is O=C(COc1ccc(Cl)cc1F)Nc1ccc(S(=O)(=O)Nc2nccs2)cc1.Oc1ccc(Cl)cc1F. The molecule has 8 nitrogen and oxygen atoms in total. The highest BCUT2D eigenvalue weighted by Gasteiger charge is 2.16. The molecule has 4 aromatic rings. The Morgan fingerprint density at radius 3 is 2.22 bits per heavy atom. The molecule has 0 atom stereocenters. The molecule has 0 bridgehead atoms. The molecule has 0 saturated carbocycles. The molecule has 194 valence electrons. The maximum absolute atomic E-state index is 13.6. The number of amides is 1. The molecule has 0 unspecified atom stereocenters. The number of thiazole rings is 1. The average Bonchev–Trinajstić information content (AvgIpc) is 3.34. The van der Waals surface area contributed by atoms with Crippen LogP contribution in [0.4, 0.5) is 19.6 Å². The van der Waals surface area contributed by atoms with E-state index in [1.54, 1.807) is 5.38 Å². The van der Waals surface area contributed by atoms with Gasteiger partial charge in [0.2, 0.25) is 0 Å². The largest absolute Gasteiger partial charge is 0.505 e. The Morgan fingerprint density at radius 1 is 1.00 bits per heavy atom. The van der Waals surface area contributed by atoms with Gasteiger partial charge in [0, 0.05) is 27.3 Å². The molecule has 4 rings (SSSR count). The number of halogens is 4. The lowest BCUT2D eigenvalue weighted by molar-refractivity contribution is -0.118. The highest BCUT2D eigenvalue weighted by atomic mass is 35.5. The van der Waals surface area contributed by atoms with Crippen LogP contribution in [0.2, 0.25) is 10.0 Å². The zero-order valence-corrected chi connectivity index (χ0v) is 21.6. The predicted octanol–water partition coefficient (Wildman–Crippen LogP) is 5.94. The molecular weight excluding hydrogens is 571 g/mol. The van der Waals surface area contributed by atoms with Crippen LogP contribution in [-0.2, 0) is 14.8 Å². The van der Waals surface area contributed by atoms with Gasteiger partial charge in [0.15, 0.2) is 34.9 Å². The minimum atomic E-state index is -3.77. The fourth-order valence-electron chi connectivity index (χ4n) is 2.58. The maximum Gasteiger partial charge on any atom is 0.263 e. The Balaban J connectivity index is 0.000000356. The van der Waals surface area contributed by atoms with E-state index in [0.717, 1.165) is 23.5 Å². The van der Waals surface area contributed by atoms with E-state index < -0.39 is 34.2 Å². The van der Waals surface area contributed by atoms with Gasteiger partial charge < -0.3 is 15.2 Å². The van der Waals surface area contributed by atoms with Gasteiger partial charge in [-0.2, -0.15) is 0 Å². The lowest BCUT2D eigenvalue weighted by Crippen LogP contribution is -2.20. The van der Waals surface area contributed by atoms with Gasteiger partial charge in [-0.05, 0) is 60.7 Å². The molecule has 0 saturated heterocycles. The van der Waals surface area contributed by atoms with Crippen molar-refractivity contribution < 1.29 is 31.8 Å². The highest BCUT2D eigenvalue weighted by molar-refractivity contribution is 7.93. The van der Waals surface area contributed by atoms with Crippen molar-refractivity contribution in [2.45, 2.75) is 4.90 Å². The van der Waals surface area contributed by atoms with E-state index >= 15 is 0 Å². The van der Waals surface area contributed by atoms with Crippen LogP contribution in [0, 0.1) is 11.6 Å². The van der Waals surface area contributed by atoms with Crippen LogP contribution in [0.3, 0.4) is 0 Å². The van der Waals surface area contributed by atoms with Gasteiger partial charge in [-0.15, -0.1) is 11.3 Å². The zero-order valence-electron chi connectivity index (χ0n) is 18.5. The summed E-state index contributed by atoms with van der Waals surface area (Å²) in [4.78, 5) is 15.8. The average molecular weight is 588 g/mol. The van der Waals surface area contributed by atoms with Gasteiger partial charge in [0.1, 0.15) is 0 Å². The van der Waals surface area contributed by atoms with E-state index in [9.17, 15) is 22.0 Å². The summed E-state index contributed by atoms with van der Waals surface area (Å²) < 4.78 is 57.8. The van der Waals surface area contributed by atoms with Crippen molar-refractivity contribution in [2.75, 3.05) is 16.6 Å². The van der Waals surface area contributed by atoms with Gasteiger partial charge in [-0.25, -0.2) is 22.2 Å². The first-order valence-corrected chi connectivity index (χ1v) is 13.2.